The molecule has 0 aliphatic heterocycles. The molecular formula is C15H23N3O3. The summed E-state index contributed by atoms with van der Waals surface area (Å²) in [5, 5.41) is 24.4. The molecule has 6 heteroatoms. The molecule has 0 amide bonds. The van der Waals surface area contributed by atoms with Crippen molar-refractivity contribution in [2.24, 2.45) is 5.41 Å². The molecule has 1 aromatic heterocycles. The van der Waals surface area contributed by atoms with Gasteiger partial charge in [-0.3, -0.25) is 10.1 Å². The fourth-order valence-electron chi connectivity index (χ4n) is 2.66. The van der Waals surface area contributed by atoms with Crippen LogP contribution in [-0.4, -0.2) is 27.2 Å². The van der Waals surface area contributed by atoms with Gasteiger partial charge in [0.05, 0.1) is 10.5 Å². The van der Waals surface area contributed by atoms with Gasteiger partial charge in [-0.25, -0.2) is 4.98 Å². The van der Waals surface area contributed by atoms with Crippen LogP contribution >= 0.6 is 0 Å². The lowest BCUT2D eigenvalue weighted by Gasteiger charge is -2.40. The molecule has 1 aliphatic carbocycles. The zero-order chi connectivity index (χ0) is 15.7. The molecule has 0 bridgehead atoms. The summed E-state index contributed by atoms with van der Waals surface area (Å²) < 4.78 is 0. The normalized spacial score (nSPS) is 20.0. The topological polar surface area (TPSA) is 88.3 Å². The molecule has 1 heterocycles. The van der Waals surface area contributed by atoms with Crippen molar-refractivity contribution in [1.82, 2.24) is 4.98 Å². The van der Waals surface area contributed by atoms with E-state index in [1.165, 1.54) is 6.20 Å². The Morgan fingerprint density at radius 3 is 2.52 bits per heavy atom. The van der Waals surface area contributed by atoms with Gasteiger partial charge in [0.1, 0.15) is 12.0 Å². The lowest BCUT2D eigenvalue weighted by atomic mass is 9.71. The number of nitro groups is 1. The quantitative estimate of drug-likeness (QED) is 0.658. The third-order valence-electron chi connectivity index (χ3n) is 4.41. The Morgan fingerprint density at radius 1 is 1.38 bits per heavy atom. The summed E-state index contributed by atoms with van der Waals surface area (Å²) in [5.41, 5.74) is 0.161. The molecule has 1 aliphatic rings. The van der Waals surface area contributed by atoms with E-state index in [0.29, 0.717) is 23.3 Å². The molecule has 2 rings (SSSR count). The van der Waals surface area contributed by atoms with E-state index in [2.05, 4.69) is 24.1 Å². The van der Waals surface area contributed by atoms with Crippen molar-refractivity contribution in [2.75, 3.05) is 11.9 Å². The molecular weight excluding hydrogens is 270 g/mol. The summed E-state index contributed by atoms with van der Waals surface area (Å²) in [4.78, 5) is 14.4. The Hall–Kier alpha value is -1.69. The van der Waals surface area contributed by atoms with Crippen molar-refractivity contribution < 1.29 is 10.0 Å². The van der Waals surface area contributed by atoms with Gasteiger partial charge >= 0.3 is 0 Å². The minimum Gasteiger partial charge on any atom is -0.388 e. The number of aromatic nitrogens is 1. The maximum absolute atomic E-state index is 10.8. The molecule has 1 aromatic rings. The number of anilines is 1. The first-order chi connectivity index (χ1) is 9.71. The van der Waals surface area contributed by atoms with Crippen LogP contribution in [0, 0.1) is 22.5 Å². The number of hydrogen-bond donors (Lipinski definition) is 2. The van der Waals surface area contributed by atoms with Crippen LogP contribution in [0.1, 0.15) is 45.1 Å². The average molecular weight is 293 g/mol. The zero-order valence-electron chi connectivity index (χ0n) is 12.8. The molecule has 2 N–H and O–H groups in total. The first-order valence-corrected chi connectivity index (χ1v) is 7.28. The van der Waals surface area contributed by atoms with E-state index < -0.39 is 10.5 Å². The van der Waals surface area contributed by atoms with E-state index in [9.17, 15) is 15.2 Å². The summed E-state index contributed by atoms with van der Waals surface area (Å²) >= 11 is 0. The fraction of sp³-hybridized carbons (Fsp3) is 0.667. The van der Waals surface area contributed by atoms with Gasteiger partial charge in [-0.1, -0.05) is 13.8 Å². The lowest BCUT2D eigenvalue weighted by molar-refractivity contribution is -0.385. The van der Waals surface area contributed by atoms with Crippen molar-refractivity contribution in [3.63, 3.8) is 0 Å². The van der Waals surface area contributed by atoms with Crippen molar-refractivity contribution >= 4 is 11.5 Å². The van der Waals surface area contributed by atoms with Gasteiger partial charge in [0, 0.05) is 12.1 Å². The summed E-state index contributed by atoms with van der Waals surface area (Å²) in [6.45, 7) is 6.55. The maximum atomic E-state index is 10.8. The molecule has 6 nitrogen and oxygen atoms in total. The van der Waals surface area contributed by atoms with Crippen LogP contribution in [-0.2, 0) is 0 Å². The van der Waals surface area contributed by atoms with E-state index in [0.717, 1.165) is 25.7 Å². The molecule has 1 fully saturated rings. The Morgan fingerprint density at radius 2 is 2.00 bits per heavy atom. The van der Waals surface area contributed by atoms with Gasteiger partial charge in [0.15, 0.2) is 0 Å². The second kappa shape index (κ2) is 5.60. The highest BCUT2D eigenvalue weighted by Crippen LogP contribution is 2.40. The SMILES string of the molecule is Cc1cc(NCC2(O)CCC(C)(C)CC2)ncc1[N+](=O)[O-]. The van der Waals surface area contributed by atoms with Crippen molar-refractivity contribution in [3.05, 3.63) is 27.9 Å². The van der Waals surface area contributed by atoms with Gasteiger partial charge < -0.3 is 10.4 Å². The first-order valence-electron chi connectivity index (χ1n) is 7.28. The zero-order valence-corrected chi connectivity index (χ0v) is 12.8. The van der Waals surface area contributed by atoms with Crippen LogP contribution in [0.3, 0.4) is 0 Å². The first kappa shape index (κ1) is 15.7. The van der Waals surface area contributed by atoms with E-state index in [4.69, 9.17) is 0 Å². The molecule has 0 spiro atoms. The molecule has 1 saturated carbocycles. The molecule has 0 atom stereocenters. The van der Waals surface area contributed by atoms with Crippen molar-refractivity contribution in [2.45, 2.75) is 52.1 Å². The largest absolute Gasteiger partial charge is 0.388 e. The van der Waals surface area contributed by atoms with Gasteiger partial charge in [-0.15, -0.1) is 0 Å². The summed E-state index contributed by atoms with van der Waals surface area (Å²) in [6, 6.07) is 1.65. The second-order valence-corrected chi connectivity index (χ2v) is 6.86. The van der Waals surface area contributed by atoms with Gasteiger partial charge in [-0.05, 0) is 44.1 Å². The number of nitrogens with zero attached hydrogens (tertiary/aromatic N) is 2. The summed E-state index contributed by atoms with van der Waals surface area (Å²) in [5.74, 6) is 0.566. The number of rotatable bonds is 4. The fourth-order valence-corrected chi connectivity index (χ4v) is 2.66. The lowest BCUT2D eigenvalue weighted by Crippen LogP contribution is -2.42. The Bertz CT molecular complexity index is 533. The van der Waals surface area contributed by atoms with Gasteiger partial charge in [0.25, 0.3) is 5.69 Å². The standard InChI is InChI=1S/C15H23N3O3/c1-11-8-13(16-9-12(11)18(20)21)17-10-15(19)6-4-14(2,3)5-7-15/h8-9,19H,4-7,10H2,1-3H3,(H,16,17). The highest BCUT2D eigenvalue weighted by molar-refractivity contribution is 5.47. The predicted octanol–water partition coefficient (Wildman–Crippen LogP) is 3.04. The second-order valence-electron chi connectivity index (χ2n) is 6.86. The third kappa shape index (κ3) is 3.91. The number of pyridine rings is 1. The van der Waals surface area contributed by atoms with E-state index in [1.807, 2.05) is 0 Å². The summed E-state index contributed by atoms with van der Waals surface area (Å²) in [6.07, 6.45) is 4.78. The Kier molecular flexibility index (Phi) is 4.18. The smallest absolute Gasteiger partial charge is 0.290 e. The van der Waals surface area contributed by atoms with Gasteiger partial charge in [0.2, 0.25) is 0 Å². The van der Waals surface area contributed by atoms with Crippen molar-refractivity contribution in [3.8, 4) is 0 Å². The third-order valence-corrected chi connectivity index (χ3v) is 4.41. The van der Waals surface area contributed by atoms with Crippen LogP contribution in [0.4, 0.5) is 11.5 Å². The van der Waals surface area contributed by atoms with Crippen molar-refractivity contribution in [1.29, 1.82) is 0 Å². The van der Waals surface area contributed by atoms with Crippen LogP contribution in [0.25, 0.3) is 0 Å². The molecule has 0 radical (unpaired) electrons. The maximum Gasteiger partial charge on any atom is 0.290 e. The molecule has 21 heavy (non-hydrogen) atoms. The Labute approximate surface area is 124 Å². The molecule has 0 unspecified atom stereocenters. The van der Waals surface area contributed by atoms with E-state index in [-0.39, 0.29) is 5.69 Å². The molecule has 116 valence electrons. The Balaban J connectivity index is 1.97. The number of nitrogens with one attached hydrogen (secondary N) is 1. The van der Waals surface area contributed by atoms with E-state index >= 15 is 0 Å². The molecule has 0 saturated heterocycles. The minimum atomic E-state index is -0.715. The highest BCUT2D eigenvalue weighted by atomic mass is 16.6. The predicted molar refractivity (Wildman–Crippen MR) is 81.3 cm³/mol. The van der Waals surface area contributed by atoms with E-state index in [1.54, 1.807) is 13.0 Å². The van der Waals surface area contributed by atoms with Crippen LogP contribution in [0.5, 0.6) is 0 Å². The summed E-state index contributed by atoms with van der Waals surface area (Å²) in [7, 11) is 0. The number of aliphatic hydroxyl groups is 1. The molecule has 0 aromatic carbocycles. The van der Waals surface area contributed by atoms with Gasteiger partial charge in [-0.2, -0.15) is 0 Å². The monoisotopic (exact) mass is 293 g/mol. The number of aryl methyl sites for hydroxylation is 1. The van der Waals surface area contributed by atoms with Crippen LogP contribution in [0.2, 0.25) is 0 Å². The average Bonchev–Trinajstić information content (AvgIpc) is 2.40. The van der Waals surface area contributed by atoms with Crippen LogP contribution < -0.4 is 5.32 Å². The minimum absolute atomic E-state index is 0.0127. The number of hydrogen-bond acceptors (Lipinski definition) is 5. The van der Waals surface area contributed by atoms with Crippen LogP contribution in [0.15, 0.2) is 12.3 Å². The highest BCUT2D eigenvalue weighted by Gasteiger charge is 2.36.